The molecule has 7 rings (SSSR count). The zero-order chi connectivity index (χ0) is 17.1. The van der Waals surface area contributed by atoms with E-state index in [1.807, 2.05) is 0 Å². The van der Waals surface area contributed by atoms with E-state index in [1.165, 1.54) is 25.9 Å². The van der Waals surface area contributed by atoms with E-state index in [2.05, 4.69) is 47.8 Å². The van der Waals surface area contributed by atoms with Gasteiger partial charge in [0, 0.05) is 57.8 Å². The lowest BCUT2D eigenvalue weighted by Gasteiger charge is -2.54. The molecule has 0 radical (unpaired) electrons. The van der Waals surface area contributed by atoms with Gasteiger partial charge in [-0.1, -0.05) is 0 Å². The van der Waals surface area contributed by atoms with E-state index in [9.17, 15) is 0 Å². The van der Waals surface area contributed by atoms with Gasteiger partial charge in [-0.05, 0) is 34.6 Å². The fraction of sp³-hybridized carbons (Fsp3) is 1.00. The van der Waals surface area contributed by atoms with Crippen LogP contribution in [-0.4, -0.2) is 125 Å². The van der Waals surface area contributed by atoms with E-state index >= 15 is 0 Å². The monoisotopic (exact) mass is 340 g/mol. The molecule has 0 spiro atoms. The second-order valence-corrected chi connectivity index (χ2v) is 8.18. The maximum atomic E-state index is 5.40. The molecule has 6 heteroatoms. The van der Waals surface area contributed by atoms with Crippen LogP contribution in [0.5, 0.6) is 0 Å². The molecule has 0 aromatic rings. The van der Waals surface area contributed by atoms with E-state index in [1.54, 1.807) is 0 Å². The van der Waals surface area contributed by atoms with Gasteiger partial charge < -0.3 is 24.2 Å². The fourth-order valence-corrected chi connectivity index (χ4v) is 4.22. The smallest absolute Gasteiger partial charge is 0.0731 e. The van der Waals surface area contributed by atoms with E-state index in [4.69, 9.17) is 9.47 Å². The summed E-state index contributed by atoms with van der Waals surface area (Å²) in [4.78, 5) is 9.53. The van der Waals surface area contributed by atoms with Gasteiger partial charge in [-0.3, -0.25) is 4.90 Å². The summed E-state index contributed by atoms with van der Waals surface area (Å²) in [5.74, 6) is 0. The number of fused-ring (bicyclic) bond motifs is 4. The number of hydrogen-bond donors (Lipinski definition) is 0. The number of rotatable bonds is 0. The van der Waals surface area contributed by atoms with Crippen LogP contribution in [0.1, 0.15) is 12.8 Å². The lowest BCUT2D eigenvalue weighted by Crippen LogP contribution is -2.66. The van der Waals surface area contributed by atoms with Crippen LogP contribution in [0.4, 0.5) is 0 Å². The van der Waals surface area contributed by atoms with Crippen LogP contribution in [-0.2, 0) is 9.47 Å². The maximum absolute atomic E-state index is 5.40. The first kappa shape index (κ1) is 18.5. The van der Waals surface area contributed by atoms with Crippen molar-refractivity contribution in [3.8, 4) is 0 Å². The third-order valence-corrected chi connectivity index (χ3v) is 5.92. The van der Waals surface area contributed by atoms with Crippen molar-refractivity contribution in [2.45, 2.75) is 37.1 Å². The van der Waals surface area contributed by atoms with Gasteiger partial charge in [0.1, 0.15) is 0 Å². The van der Waals surface area contributed by atoms with E-state index in [0.717, 1.165) is 51.5 Å². The summed E-state index contributed by atoms with van der Waals surface area (Å²) in [6.07, 6.45) is 3.92. The molecule has 0 aliphatic carbocycles. The molecule has 7 heterocycles. The van der Waals surface area contributed by atoms with Crippen LogP contribution in [0.3, 0.4) is 0 Å². The molecular formula is C18H36N4O2. The molecule has 0 amide bonds. The average molecular weight is 341 g/mol. The van der Waals surface area contributed by atoms with Crippen molar-refractivity contribution in [2.75, 3.05) is 80.7 Å². The molecule has 7 aliphatic heterocycles. The zero-order valence-corrected chi connectivity index (χ0v) is 16.0. The van der Waals surface area contributed by atoms with Crippen molar-refractivity contribution >= 4 is 0 Å². The maximum Gasteiger partial charge on any atom is 0.0731 e. The molecule has 4 bridgehead atoms. The number of ether oxygens (including phenoxy) is 2. The molecule has 7 fully saturated rings. The van der Waals surface area contributed by atoms with E-state index in [0.29, 0.717) is 12.2 Å². The van der Waals surface area contributed by atoms with Crippen LogP contribution in [0.25, 0.3) is 0 Å². The summed E-state index contributed by atoms with van der Waals surface area (Å²) in [6, 6.07) is 1.77. The highest BCUT2D eigenvalue weighted by Gasteiger charge is 2.40. The molecular weight excluding hydrogens is 304 g/mol. The standard InChI is InChI=1S/C7H14N2.C6H11NO.C5H11NO/c1-8-4-6-3-7(5-8)9(6)2;1-7-3-5-2-6(4-7)8-5;1-6-2-4-7-5-3-6/h6-7H,3-5H2,1-2H3;5-6H,2-4H2,1H3;2-5H2,1H3. The van der Waals surface area contributed by atoms with Crippen LogP contribution < -0.4 is 0 Å². The minimum Gasteiger partial charge on any atom is -0.379 e. The van der Waals surface area contributed by atoms with Crippen molar-refractivity contribution in [2.24, 2.45) is 0 Å². The summed E-state index contributed by atoms with van der Waals surface area (Å²) in [5, 5.41) is 0. The summed E-state index contributed by atoms with van der Waals surface area (Å²) >= 11 is 0. The van der Waals surface area contributed by atoms with Gasteiger partial charge >= 0.3 is 0 Å². The predicted octanol–water partition coefficient (Wildman–Crippen LogP) is 0.0422. The van der Waals surface area contributed by atoms with E-state index in [-0.39, 0.29) is 0 Å². The van der Waals surface area contributed by atoms with Crippen molar-refractivity contribution in [3.05, 3.63) is 0 Å². The average Bonchev–Trinajstić information content (AvgIpc) is 2.55. The number of likely N-dealkylation sites (N-methyl/N-ethyl adjacent to an activating group) is 4. The van der Waals surface area contributed by atoms with Crippen LogP contribution >= 0.6 is 0 Å². The zero-order valence-electron chi connectivity index (χ0n) is 16.0. The van der Waals surface area contributed by atoms with Gasteiger partial charge in [0.15, 0.2) is 0 Å². The number of nitrogens with zero attached hydrogens (tertiary/aromatic N) is 4. The lowest BCUT2D eigenvalue weighted by molar-refractivity contribution is -0.175. The molecule has 4 atom stereocenters. The first-order valence-electron chi connectivity index (χ1n) is 9.52. The predicted molar refractivity (Wildman–Crippen MR) is 96.5 cm³/mol. The number of hydrogen-bond acceptors (Lipinski definition) is 6. The molecule has 0 N–H and O–H groups in total. The first-order chi connectivity index (χ1) is 11.5. The quantitative estimate of drug-likeness (QED) is 0.619. The molecule has 4 unspecified atom stereocenters. The molecule has 7 aliphatic rings. The Labute approximate surface area is 147 Å². The molecule has 24 heavy (non-hydrogen) atoms. The summed E-state index contributed by atoms with van der Waals surface area (Å²) in [6.45, 7) is 8.89. The number of piperazine rings is 1. The lowest BCUT2D eigenvalue weighted by atomic mass is 9.89. The Bertz CT molecular complexity index is 363. The van der Waals surface area contributed by atoms with Crippen LogP contribution in [0, 0.1) is 0 Å². The molecule has 0 saturated carbocycles. The Hall–Kier alpha value is -0.240. The highest BCUT2D eigenvalue weighted by Crippen LogP contribution is 2.29. The minimum absolute atomic E-state index is 0.582. The Morgan fingerprint density at radius 1 is 0.667 bits per heavy atom. The van der Waals surface area contributed by atoms with Crippen LogP contribution in [0.2, 0.25) is 0 Å². The fourth-order valence-electron chi connectivity index (χ4n) is 4.22. The van der Waals surface area contributed by atoms with Gasteiger partial charge in [0.25, 0.3) is 0 Å². The van der Waals surface area contributed by atoms with Gasteiger partial charge in [0.05, 0.1) is 25.4 Å². The van der Waals surface area contributed by atoms with Crippen molar-refractivity contribution < 1.29 is 9.47 Å². The normalized spacial score (nSPS) is 39.5. The molecule has 0 aromatic carbocycles. The van der Waals surface area contributed by atoms with Gasteiger partial charge in [0.2, 0.25) is 0 Å². The highest BCUT2D eigenvalue weighted by molar-refractivity contribution is 4.97. The third kappa shape index (κ3) is 4.90. The molecule has 6 nitrogen and oxygen atoms in total. The Balaban J connectivity index is 0.000000107. The topological polar surface area (TPSA) is 31.4 Å². The second kappa shape index (κ2) is 8.43. The van der Waals surface area contributed by atoms with Gasteiger partial charge in [-0.15, -0.1) is 0 Å². The second-order valence-electron chi connectivity index (χ2n) is 8.18. The van der Waals surface area contributed by atoms with Gasteiger partial charge in [-0.2, -0.15) is 0 Å². The highest BCUT2D eigenvalue weighted by atomic mass is 16.5. The Morgan fingerprint density at radius 2 is 1.17 bits per heavy atom. The summed E-state index contributed by atoms with van der Waals surface area (Å²) in [7, 11) is 8.72. The van der Waals surface area contributed by atoms with Crippen molar-refractivity contribution in [1.82, 2.24) is 19.6 Å². The van der Waals surface area contributed by atoms with Crippen molar-refractivity contribution in [1.29, 1.82) is 0 Å². The molecule has 140 valence electrons. The SMILES string of the molecule is CN1CC2CC(C1)N2C.CN1CC2CC(C1)O2.CN1CCOCC1. The third-order valence-electron chi connectivity index (χ3n) is 5.92. The summed E-state index contributed by atoms with van der Waals surface area (Å²) < 4.78 is 10.5. The van der Waals surface area contributed by atoms with Crippen LogP contribution in [0.15, 0.2) is 0 Å². The first-order valence-corrected chi connectivity index (χ1v) is 9.52. The van der Waals surface area contributed by atoms with E-state index < -0.39 is 0 Å². The van der Waals surface area contributed by atoms with Gasteiger partial charge in [-0.25, -0.2) is 0 Å². The van der Waals surface area contributed by atoms with Crippen molar-refractivity contribution in [3.63, 3.8) is 0 Å². The number of morpholine rings is 2. The summed E-state index contributed by atoms with van der Waals surface area (Å²) in [5.41, 5.74) is 0. The number of piperidine rings is 2. The minimum atomic E-state index is 0.582. The largest absolute Gasteiger partial charge is 0.379 e. The Kier molecular flexibility index (Phi) is 6.51. The Morgan fingerprint density at radius 3 is 1.46 bits per heavy atom. The molecule has 7 saturated heterocycles. The molecule has 0 aromatic heterocycles.